The summed E-state index contributed by atoms with van der Waals surface area (Å²) in [7, 11) is -3.52. The van der Waals surface area contributed by atoms with Crippen molar-refractivity contribution in [3.05, 3.63) is 53.5 Å². The monoisotopic (exact) mass is 308 g/mol. The van der Waals surface area contributed by atoms with Gasteiger partial charge in [0.25, 0.3) is 0 Å². The van der Waals surface area contributed by atoms with Gasteiger partial charge in [-0.2, -0.15) is 0 Å². The molecule has 0 amide bonds. The molecule has 2 N–H and O–H groups in total. The summed E-state index contributed by atoms with van der Waals surface area (Å²) in [5.41, 5.74) is 1.05. The lowest BCUT2D eigenvalue weighted by atomic mass is 10.2. The van der Waals surface area contributed by atoms with E-state index in [-0.39, 0.29) is 11.4 Å². The fourth-order valence-corrected chi connectivity index (χ4v) is 2.88. The third-order valence-electron chi connectivity index (χ3n) is 3.05. The Bertz CT molecular complexity index is 675. The maximum absolute atomic E-state index is 12.2. The van der Waals surface area contributed by atoms with Crippen LogP contribution in [0.15, 0.2) is 45.7 Å². The Hall–Kier alpha value is -1.63. The van der Waals surface area contributed by atoms with E-state index < -0.39 is 10.0 Å². The fourth-order valence-electron chi connectivity index (χ4n) is 1.89. The van der Waals surface area contributed by atoms with E-state index in [1.54, 1.807) is 24.3 Å². The van der Waals surface area contributed by atoms with E-state index in [1.807, 2.05) is 26.0 Å². The second-order valence-electron chi connectivity index (χ2n) is 4.76. The molecule has 0 saturated carbocycles. The molecule has 0 aliphatic heterocycles. The Morgan fingerprint density at radius 2 is 1.76 bits per heavy atom. The van der Waals surface area contributed by atoms with E-state index in [1.165, 1.54) is 0 Å². The Balaban J connectivity index is 2.01. The van der Waals surface area contributed by atoms with Gasteiger partial charge in [-0.3, -0.25) is 0 Å². The van der Waals surface area contributed by atoms with E-state index in [2.05, 4.69) is 10.0 Å². The summed E-state index contributed by atoms with van der Waals surface area (Å²) in [6.45, 7) is 5.61. The molecule has 2 rings (SSSR count). The van der Waals surface area contributed by atoms with Gasteiger partial charge < -0.3 is 9.73 Å². The number of benzene rings is 1. The number of furan rings is 1. The van der Waals surface area contributed by atoms with Gasteiger partial charge in [0, 0.05) is 6.54 Å². The van der Waals surface area contributed by atoms with Crippen LogP contribution in [-0.4, -0.2) is 15.0 Å². The number of nitrogens with one attached hydrogen (secondary N) is 2. The van der Waals surface area contributed by atoms with Gasteiger partial charge in [0.15, 0.2) is 0 Å². The number of rotatable bonds is 7. The fraction of sp³-hybridized carbons (Fsp3) is 0.333. The smallest absolute Gasteiger partial charge is 0.240 e. The molecule has 0 saturated heterocycles. The summed E-state index contributed by atoms with van der Waals surface area (Å²) in [4.78, 5) is 0.256. The first-order valence-corrected chi connectivity index (χ1v) is 8.34. The normalized spacial score (nSPS) is 11.7. The summed E-state index contributed by atoms with van der Waals surface area (Å²) in [5, 5.41) is 3.19. The molecule has 0 atom stereocenters. The van der Waals surface area contributed by atoms with E-state index in [9.17, 15) is 8.42 Å². The largest absolute Gasteiger partial charge is 0.465 e. The Morgan fingerprint density at radius 1 is 1.05 bits per heavy atom. The topological polar surface area (TPSA) is 71.3 Å². The molecule has 0 unspecified atom stereocenters. The van der Waals surface area contributed by atoms with Gasteiger partial charge >= 0.3 is 0 Å². The van der Waals surface area contributed by atoms with Crippen molar-refractivity contribution >= 4 is 10.0 Å². The van der Waals surface area contributed by atoms with Gasteiger partial charge in [0.1, 0.15) is 11.5 Å². The molecule has 5 nitrogen and oxygen atoms in total. The average Bonchev–Trinajstić information content (AvgIpc) is 2.89. The number of hydrogen-bond acceptors (Lipinski definition) is 4. The minimum absolute atomic E-state index is 0.148. The van der Waals surface area contributed by atoms with Gasteiger partial charge in [-0.25, -0.2) is 13.1 Å². The molecule has 0 fully saturated rings. The summed E-state index contributed by atoms with van der Waals surface area (Å²) < 4.78 is 32.2. The Morgan fingerprint density at radius 3 is 2.33 bits per heavy atom. The second kappa shape index (κ2) is 6.89. The molecule has 114 valence electrons. The van der Waals surface area contributed by atoms with Crippen LogP contribution >= 0.6 is 0 Å². The van der Waals surface area contributed by atoms with Crippen molar-refractivity contribution < 1.29 is 12.8 Å². The van der Waals surface area contributed by atoms with Crippen LogP contribution in [0.5, 0.6) is 0 Å². The van der Waals surface area contributed by atoms with Gasteiger partial charge in [-0.1, -0.05) is 19.1 Å². The van der Waals surface area contributed by atoms with E-state index in [0.29, 0.717) is 5.76 Å². The first kappa shape index (κ1) is 15.8. The minimum atomic E-state index is -3.52. The number of hydrogen-bond donors (Lipinski definition) is 2. The SMILES string of the molecule is CCNCc1ccc(S(=O)(=O)NCc2ccc(C)o2)cc1. The van der Waals surface area contributed by atoms with Gasteiger partial charge in [0.05, 0.1) is 11.4 Å². The molecule has 0 aliphatic rings. The molecule has 21 heavy (non-hydrogen) atoms. The van der Waals surface area contributed by atoms with E-state index in [4.69, 9.17) is 4.42 Å². The first-order valence-electron chi connectivity index (χ1n) is 6.86. The van der Waals surface area contributed by atoms with Crippen molar-refractivity contribution in [1.82, 2.24) is 10.0 Å². The lowest BCUT2D eigenvalue weighted by molar-refractivity contribution is 0.475. The molecule has 6 heteroatoms. The molecule has 0 spiro atoms. The van der Waals surface area contributed by atoms with Crippen LogP contribution in [0, 0.1) is 6.92 Å². The van der Waals surface area contributed by atoms with Crippen LogP contribution in [0.25, 0.3) is 0 Å². The van der Waals surface area contributed by atoms with Crippen LogP contribution in [0.4, 0.5) is 0 Å². The number of aryl methyl sites for hydroxylation is 1. The molecular formula is C15H20N2O3S. The maximum atomic E-state index is 12.2. The molecule has 2 aromatic rings. The number of sulfonamides is 1. The van der Waals surface area contributed by atoms with Crippen molar-refractivity contribution in [3.8, 4) is 0 Å². The van der Waals surface area contributed by atoms with Crippen molar-refractivity contribution in [2.75, 3.05) is 6.54 Å². The van der Waals surface area contributed by atoms with E-state index in [0.717, 1.165) is 24.4 Å². The zero-order chi connectivity index (χ0) is 15.3. The van der Waals surface area contributed by atoms with Crippen LogP contribution in [0.3, 0.4) is 0 Å². The van der Waals surface area contributed by atoms with E-state index >= 15 is 0 Å². The zero-order valence-corrected chi connectivity index (χ0v) is 13.0. The average molecular weight is 308 g/mol. The summed E-state index contributed by atoms with van der Waals surface area (Å²) in [6.07, 6.45) is 0. The summed E-state index contributed by atoms with van der Waals surface area (Å²) >= 11 is 0. The van der Waals surface area contributed by atoms with Crippen molar-refractivity contribution in [1.29, 1.82) is 0 Å². The van der Waals surface area contributed by atoms with Gasteiger partial charge in [-0.15, -0.1) is 0 Å². The standard InChI is InChI=1S/C15H20N2O3S/c1-3-16-10-13-5-8-15(9-6-13)21(18,19)17-11-14-7-4-12(2)20-14/h4-9,16-17H,3,10-11H2,1-2H3. The molecular weight excluding hydrogens is 288 g/mol. The Kier molecular flexibility index (Phi) is 5.17. The highest BCUT2D eigenvalue weighted by atomic mass is 32.2. The summed E-state index contributed by atoms with van der Waals surface area (Å²) in [5.74, 6) is 1.36. The zero-order valence-electron chi connectivity index (χ0n) is 12.2. The quantitative estimate of drug-likeness (QED) is 0.822. The molecule has 0 aliphatic carbocycles. The molecule has 1 heterocycles. The molecule has 1 aromatic heterocycles. The highest BCUT2D eigenvalue weighted by Crippen LogP contribution is 2.12. The molecule has 0 radical (unpaired) electrons. The van der Waals surface area contributed by atoms with Crippen molar-refractivity contribution in [3.63, 3.8) is 0 Å². The van der Waals surface area contributed by atoms with Crippen molar-refractivity contribution in [2.24, 2.45) is 0 Å². The third-order valence-corrected chi connectivity index (χ3v) is 4.46. The lowest BCUT2D eigenvalue weighted by Gasteiger charge is -2.07. The van der Waals surface area contributed by atoms with Crippen LogP contribution in [-0.2, 0) is 23.1 Å². The lowest BCUT2D eigenvalue weighted by Crippen LogP contribution is -2.23. The van der Waals surface area contributed by atoms with Crippen LogP contribution in [0.1, 0.15) is 24.0 Å². The highest BCUT2D eigenvalue weighted by Gasteiger charge is 2.14. The van der Waals surface area contributed by atoms with Crippen LogP contribution < -0.4 is 10.0 Å². The summed E-state index contributed by atoms with van der Waals surface area (Å²) in [6, 6.07) is 10.4. The predicted molar refractivity (Wildman–Crippen MR) is 81.3 cm³/mol. The van der Waals surface area contributed by atoms with Gasteiger partial charge in [-0.05, 0) is 43.3 Å². The molecule has 1 aromatic carbocycles. The predicted octanol–water partition coefficient (Wildman–Crippen LogP) is 2.18. The Labute approximate surface area is 125 Å². The first-order chi connectivity index (χ1) is 10.0. The second-order valence-corrected chi connectivity index (χ2v) is 6.53. The van der Waals surface area contributed by atoms with Crippen molar-refractivity contribution in [2.45, 2.75) is 31.8 Å². The highest BCUT2D eigenvalue weighted by molar-refractivity contribution is 7.89. The molecule has 0 bridgehead atoms. The third kappa shape index (κ3) is 4.42. The van der Waals surface area contributed by atoms with Gasteiger partial charge in [0.2, 0.25) is 10.0 Å². The maximum Gasteiger partial charge on any atom is 0.240 e. The minimum Gasteiger partial charge on any atom is -0.465 e. The van der Waals surface area contributed by atoms with Crippen LogP contribution in [0.2, 0.25) is 0 Å².